The highest BCUT2D eigenvalue weighted by Gasteiger charge is 2.28. The first-order valence-electron chi connectivity index (χ1n) is 9.44. The molecule has 2 aromatic heterocycles. The minimum Gasteiger partial charge on any atom is -0.322 e. The Balaban J connectivity index is 1.63. The van der Waals surface area contributed by atoms with Gasteiger partial charge in [0, 0.05) is 24.1 Å². The van der Waals surface area contributed by atoms with Crippen molar-refractivity contribution in [1.29, 1.82) is 0 Å². The van der Waals surface area contributed by atoms with E-state index in [4.69, 9.17) is 0 Å². The Morgan fingerprint density at radius 1 is 1.24 bits per heavy atom. The maximum absolute atomic E-state index is 12.5. The highest BCUT2D eigenvalue weighted by Crippen LogP contribution is 2.25. The third-order valence-corrected chi connectivity index (χ3v) is 5.45. The lowest BCUT2D eigenvalue weighted by Gasteiger charge is -2.31. The molecule has 1 aromatic carbocycles. The van der Waals surface area contributed by atoms with E-state index < -0.39 is 6.29 Å². The molecule has 0 bridgehead atoms. The highest BCUT2D eigenvalue weighted by molar-refractivity contribution is 7.14. The Kier molecular flexibility index (Phi) is 5.59. The number of nitrogens with zero attached hydrogens (tertiary/aromatic N) is 2. The van der Waals surface area contributed by atoms with Gasteiger partial charge in [0.15, 0.2) is 6.29 Å². The molecule has 150 valence electrons. The van der Waals surface area contributed by atoms with Gasteiger partial charge in [0.25, 0.3) is 0 Å². The molecule has 1 aliphatic rings. The number of hydrogen-bond acceptors (Lipinski definition) is 5. The van der Waals surface area contributed by atoms with E-state index in [0.717, 1.165) is 17.0 Å². The standard InChI is InChI=1S/C20H22N6O2S/c1-2-14-11-17(27)23-19(21-14)26-16(22-20(28)24-18-9-6-10-29-18)12-15(25-26)13-7-4-3-5-8-13/h3-10,12,14,19,21H,2,11H2,1H3,(H,23,27)(H2,22,24,28). The van der Waals surface area contributed by atoms with Gasteiger partial charge in [-0.2, -0.15) is 5.10 Å². The van der Waals surface area contributed by atoms with Gasteiger partial charge >= 0.3 is 6.03 Å². The van der Waals surface area contributed by atoms with E-state index >= 15 is 0 Å². The van der Waals surface area contributed by atoms with Gasteiger partial charge in [0.2, 0.25) is 5.91 Å². The molecule has 3 aromatic rings. The molecule has 2 unspecified atom stereocenters. The number of rotatable bonds is 5. The van der Waals surface area contributed by atoms with Crippen LogP contribution in [0.15, 0.2) is 53.9 Å². The molecule has 4 N–H and O–H groups in total. The Bertz CT molecular complexity index is 986. The van der Waals surface area contributed by atoms with E-state index in [1.165, 1.54) is 11.3 Å². The van der Waals surface area contributed by atoms with Gasteiger partial charge in [0.1, 0.15) is 5.82 Å². The average Bonchev–Trinajstić information content (AvgIpc) is 3.38. The zero-order chi connectivity index (χ0) is 20.2. The van der Waals surface area contributed by atoms with Crippen LogP contribution in [0, 0.1) is 0 Å². The lowest BCUT2D eigenvalue weighted by molar-refractivity contribution is -0.125. The van der Waals surface area contributed by atoms with Crippen LogP contribution in [0.4, 0.5) is 15.6 Å². The molecule has 1 fully saturated rings. The molecule has 0 aliphatic carbocycles. The summed E-state index contributed by atoms with van der Waals surface area (Å²) < 4.78 is 1.61. The van der Waals surface area contributed by atoms with Gasteiger partial charge in [-0.05, 0) is 23.9 Å². The molecular weight excluding hydrogens is 388 g/mol. The van der Waals surface area contributed by atoms with E-state index in [9.17, 15) is 9.59 Å². The highest BCUT2D eigenvalue weighted by atomic mass is 32.1. The van der Waals surface area contributed by atoms with Gasteiger partial charge in [-0.15, -0.1) is 11.3 Å². The third kappa shape index (κ3) is 4.47. The van der Waals surface area contributed by atoms with Gasteiger partial charge in [0.05, 0.1) is 10.7 Å². The average molecular weight is 411 g/mol. The topological polar surface area (TPSA) is 100 Å². The molecule has 1 saturated heterocycles. The first-order valence-corrected chi connectivity index (χ1v) is 10.3. The Labute approximate surface area is 172 Å². The number of thiophene rings is 1. The second kappa shape index (κ2) is 8.46. The molecule has 3 heterocycles. The van der Waals surface area contributed by atoms with Crippen LogP contribution < -0.4 is 21.3 Å². The van der Waals surface area contributed by atoms with Gasteiger partial charge in [-0.3, -0.25) is 20.7 Å². The third-order valence-electron chi connectivity index (χ3n) is 4.67. The maximum Gasteiger partial charge on any atom is 0.325 e. The molecule has 0 radical (unpaired) electrons. The Morgan fingerprint density at radius 2 is 2.07 bits per heavy atom. The lowest BCUT2D eigenvalue weighted by Crippen LogP contribution is -2.53. The van der Waals surface area contributed by atoms with E-state index in [1.54, 1.807) is 10.7 Å². The fraction of sp³-hybridized carbons (Fsp3) is 0.250. The van der Waals surface area contributed by atoms with Crippen LogP contribution in [0.1, 0.15) is 26.1 Å². The molecule has 4 rings (SSSR count). The number of carbonyl (C=O) groups excluding carboxylic acids is 2. The number of anilines is 2. The second-order valence-electron chi connectivity index (χ2n) is 6.73. The zero-order valence-corrected chi connectivity index (χ0v) is 16.7. The fourth-order valence-corrected chi connectivity index (χ4v) is 3.81. The summed E-state index contributed by atoms with van der Waals surface area (Å²) in [6.45, 7) is 2.03. The quantitative estimate of drug-likeness (QED) is 0.516. The van der Waals surface area contributed by atoms with Crippen LogP contribution in [0.3, 0.4) is 0 Å². The van der Waals surface area contributed by atoms with Crippen molar-refractivity contribution >= 4 is 34.1 Å². The number of carbonyl (C=O) groups is 2. The largest absolute Gasteiger partial charge is 0.325 e. The van der Waals surface area contributed by atoms with Crippen LogP contribution in [-0.4, -0.2) is 27.8 Å². The van der Waals surface area contributed by atoms with E-state index in [-0.39, 0.29) is 18.0 Å². The van der Waals surface area contributed by atoms with Crippen LogP contribution in [0.2, 0.25) is 0 Å². The van der Waals surface area contributed by atoms with Gasteiger partial charge in [-0.1, -0.05) is 37.3 Å². The molecular formula is C20H22N6O2S. The first-order chi connectivity index (χ1) is 14.1. The van der Waals surface area contributed by atoms with Crippen LogP contribution in [-0.2, 0) is 4.79 Å². The van der Waals surface area contributed by atoms with Gasteiger partial charge in [-0.25, -0.2) is 9.48 Å². The summed E-state index contributed by atoms with van der Waals surface area (Å²) in [5.41, 5.74) is 1.62. The number of hydrogen-bond donors (Lipinski definition) is 4. The summed E-state index contributed by atoms with van der Waals surface area (Å²) in [7, 11) is 0. The fourth-order valence-electron chi connectivity index (χ4n) is 3.20. The van der Waals surface area contributed by atoms with Crippen molar-refractivity contribution in [3.63, 3.8) is 0 Å². The summed E-state index contributed by atoms with van der Waals surface area (Å²) in [4.78, 5) is 24.6. The zero-order valence-electron chi connectivity index (χ0n) is 15.9. The normalized spacial score (nSPS) is 18.9. The molecule has 3 amide bonds. The lowest BCUT2D eigenvalue weighted by atomic mass is 10.1. The van der Waals surface area contributed by atoms with Crippen molar-refractivity contribution in [2.45, 2.75) is 32.1 Å². The second-order valence-corrected chi connectivity index (χ2v) is 7.68. The number of urea groups is 1. The van der Waals surface area contributed by atoms with Crippen molar-refractivity contribution in [3.8, 4) is 11.3 Å². The van der Waals surface area contributed by atoms with Crippen LogP contribution in [0.5, 0.6) is 0 Å². The van der Waals surface area contributed by atoms with Crippen molar-refractivity contribution < 1.29 is 9.59 Å². The van der Waals surface area contributed by atoms with Crippen molar-refractivity contribution in [2.75, 3.05) is 10.6 Å². The number of aromatic nitrogens is 2. The maximum atomic E-state index is 12.5. The predicted molar refractivity (Wildman–Crippen MR) is 114 cm³/mol. The minimum atomic E-state index is -0.546. The number of benzene rings is 1. The molecule has 2 atom stereocenters. The van der Waals surface area contributed by atoms with Crippen molar-refractivity contribution in [1.82, 2.24) is 20.4 Å². The molecule has 0 spiro atoms. The van der Waals surface area contributed by atoms with Crippen molar-refractivity contribution in [2.24, 2.45) is 0 Å². The Morgan fingerprint density at radius 3 is 2.79 bits per heavy atom. The van der Waals surface area contributed by atoms with E-state index in [0.29, 0.717) is 17.9 Å². The number of nitrogens with one attached hydrogen (secondary N) is 4. The first kappa shape index (κ1) is 19.2. The summed E-state index contributed by atoms with van der Waals surface area (Å²) in [5.74, 6) is 0.429. The Hall–Kier alpha value is -3.17. The molecule has 9 heteroatoms. The monoisotopic (exact) mass is 410 g/mol. The predicted octanol–water partition coefficient (Wildman–Crippen LogP) is 3.60. The molecule has 8 nitrogen and oxygen atoms in total. The summed E-state index contributed by atoms with van der Waals surface area (Å²) in [6.07, 6.45) is 0.690. The SMILES string of the molecule is CCC1CC(=O)NC(n2nc(-c3ccccc3)cc2NC(=O)Nc2cccs2)N1. The van der Waals surface area contributed by atoms with E-state index in [1.807, 2.05) is 54.8 Å². The molecule has 29 heavy (non-hydrogen) atoms. The van der Waals surface area contributed by atoms with Crippen LogP contribution in [0.25, 0.3) is 11.3 Å². The number of amides is 3. The van der Waals surface area contributed by atoms with Crippen molar-refractivity contribution in [3.05, 3.63) is 53.9 Å². The molecule has 1 aliphatic heterocycles. The summed E-state index contributed by atoms with van der Waals surface area (Å²) in [6, 6.07) is 14.9. The smallest absolute Gasteiger partial charge is 0.322 e. The van der Waals surface area contributed by atoms with Gasteiger partial charge < -0.3 is 5.32 Å². The summed E-state index contributed by atoms with van der Waals surface area (Å²) in [5, 5.41) is 19.2. The molecule has 0 saturated carbocycles. The van der Waals surface area contributed by atoms with Crippen LogP contribution >= 0.6 is 11.3 Å². The summed E-state index contributed by atoms with van der Waals surface area (Å²) >= 11 is 1.44. The minimum absolute atomic E-state index is 0.0471. The van der Waals surface area contributed by atoms with E-state index in [2.05, 4.69) is 26.4 Å².